The van der Waals surface area contributed by atoms with Gasteiger partial charge < -0.3 is 10.2 Å². The summed E-state index contributed by atoms with van der Waals surface area (Å²) in [7, 11) is 0. The number of benzene rings is 1. The number of rotatable bonds is 5. The summed E-state index contributed by atoms with van der Waals surface area (Å²) in [5.74, 6) is 2.48. The van der Waals surface area contributed by atoms with E-state index < -0.39 is 5.66 Å². The first-order valence-electron chi connectivity index (χ1n) is 7.70. The SMILES string of the molecule is C#CCCC1(CCC(=O)N2CCC(=O)Nc3ccccc32)N=N1. The van der Waals surface area contributed by atoms with Crippen LogP contribution in [0.3, 0.4) is 0 Å². The van der Waals surface area contributed by atoms with Gasteiger partial charge in [-0.1, -0.05) is 12.1 Å². The van der Waals surface area contributed by atoms with E-state index in [1.165, 1.54) is 0 Å². The molecule has 2 aliphatic heterocycles. The van der Waals surface area contributed by atoms with Crippen LogP contribution in [0.15, 0.2) is 34.5 Å². The van der Waals surface area contributed by atoms with Crippen LogP contribution in [0.1, 0.15) is 32.1 Å². The first-order chi connectivity index (χ1) is 11.1. The van der Waals surface area contributed by atoms with Crippen LogP contribution in [0.25, 0.3) is 0 Å². The molecule has 1 aromatic carbocycles. The molecule has 0 saturated heterocycles. The molecule has 2 heterocycles. The summed E-state index contributed by atoms with van der Waals surface area (Å²) in [6.07, 6.45) is 7.75. The minimum Gasteiger partial charge on any atom is -0.324 e. The van der Waals surface area contributed by atoms with Crippen molar-refractivity contribution in [2.75, 3.05) is 16.8 Å². The maximum atomic E-state index is 12.6. The average molecular weight is 310 g/mol. The second-order valence-corrected chi connectivity index (χ2v) is 5.75. The number of hydrogen-bond donors (Lipinski definition) is 1. The lowest BCUT2D eigenvalue weighted by molar-refractivity contribution is -0.119. The summed E-state index contributed by atoms with van der Waals surface area (Å²) in [5.41, 5.74) is 0.957. The molecule has 1 N–H and O–H groups in total. The summed E-state index contributed by atoms with van der Waals surface area (Å²) in [4.78, 5) is 26.1. The third-order valence-corrected chi connectivity index (χ3v) is 4.12. The minimum atomic E-state index is -0.457. The van der Waals surface area contributed by atoms with Crippen molar-refractivity contribution < 1.29 is 9.59 Å². The van der Waals surface area contributed by atoms with E-state index in [9.17, 15) is 9.59 Å². The normalized spacial score (nSPS) is 17.7. The molecular formula is C17H18N4O2. The largest absolute Gasteiger partial charge is 0.324 e. The molecule has 118 valence electrons. The zero-order valence-electron chi connectivity index (χ0n) is 12.8. The second kappa shape index (κ2) is 6.21. The Morgan fingerprint density at radius 3 is 2.87 bits per heavy atom. The number of nitrogens with one attached hydrogen (secondary N) is 1. The van der Waals surface area contributed by atoms with E-state index in [4.69, 9.17) is 6.42 Å². The van der Waals surface area contributed by atoms with E-state index >= 15 is 0 Å². The standard InChI is InChI=1S/C17H18N4O2/c1-2-3-10-17(19-20-17)11-8-16(23)21-12-9-15(22)18-13-6-4-5-7-14(13)21/h1,4-7H,3,8-12H2,(H,18,22). The van der Waals surface area contributed by atoms with Gasteiger partial charge in [-0.25, -0.2) is 0 Å². The van der Waals surface area contributed by atoms with Gasteiger partial charge in [0.25, 0.3) is 0 Å². The number of amides is 2. The molecule has 0 spiro atoms. The number of carbonyl (C=O) groups is 2. The molecule has 6 heteroatoms. The fourth-order valence-corrected chi connectivity index (χ4v) is 2.73. The van der Waals surface area contributed by atoms with Crippen molar-refractivity contribution in [2.45, 2.75) is 37.8 Å². The van der Waals surface area contributed by atoms with Crippen LogP contribution in [0.5, 0.6) is 0 Å². The Balaban J connectivity index is 1.68. The van der Waals surface area contributed by atoms with Crippen molar-refractivity contribution in [1.82, 2.24) is 0 Å². The van der Waals surface area contributed by atoms with E-state index in [-0.39, 0.29) is 18.2 Å². The van der Waals surface area contributed by atoms with Gasteiger partial charge >= 0.3 is 0 Å². The minimum absolute atomic E-state index is 0.0219. The van der Waals surface area contributed by atoms with Crippen LogP contribution in [0.2, 0.25) is 0 Å². The molecule has 0 aliphatic carbocycles. The maximum absolute atomic E-state index is 12.6. The highest BCUT2D eigenvalue weighted by atomic mass is 16.2. The predicted octanol–water partition coefficient (Wildman–Crippen LogP) is 2.72. The van der Waals surface area contributed by atoms with Crippen LogP contribution in [-0.4, -0.2) is 24.0 Å². The highest BCUT2D eigenvalue weighted by molar-refractivity contribution is 6.03. The molecule has 0 fully saturated rings. The highest BCUT2D eigenvalue weighted by Crippen LogP contribution is 2.38. The van der Waals surface area contributed by atoms with Crippen molar-refractivity contribution in [2.24, 2.45) is 10.2 Å². The summed E-state index contributed by atoms with van der Waals surface area (Å²) < 4.78 is 0. The van der Waals surface area contributed by atoms with E-state index in [2.05, 4.69) is 21.5 Å². The molecule has 0 saturated carbocycles. The lowest BCUT2D eigenvalue weighted by atomic mass is 10.0. The molecule has 2 aliphatic rings. The van der Waals surface area contributed by atoms with Crippen LogP contribution in [-0.2, 0) is 9.59 Å². The summed E-state index contributed by atoms with van der Waals surface area (Å²) in [5, 5.41) is 10.9. The van der Waals surface area contributed by atoms with Gasteiger partial charge in [0.2, 0.25) is 11.8 Å². The van der Waals surface area contributed by atoms with Crippen molar-refractivity contribution in [1.29, 1.82) is 0 Å². The Labute approximate surface area is 135 Å². The summed E-state index contributed by atoms with van der Waals surface area (Å²) in [6.45, 7) is 0.382. The fraction of sp³-hybridized carbons (Fsp3) is 0.412. The van der Waals surface area contributed by atoms with Gasteiger partial charge in [-0.2, -0.15) is 10.2 Å². The molecule has 6 nitrogen and oxygen atoms in total. The molecule has 0 atom stereocenters. The Hall–Kier alpha value is -2.68. The van der Waals surface area contributed by atoms with Crippen LogP contribution >= 0.6 is 0 Å². The highest BCUT2D eigenvalue weighted by Gasteiger charge is 2.40. The molecule has 0 radical (unpaired) electrons. The number of nitrogens with zero attached hydrogens (tertiary/aromatic N) is 3. The fourth-order valence-electron chi connectivity index (χ4n) is 2.73. The van der Waals surface area contributed by atoms with Crippen LogP contribution in [0.4, 0.5) is 11.4 Å². The number of carbonyl (C=O) groups excluding carboxylic acids is 2. The maximum Gasteiger partial charge on any atom is 0.227 e. The molecule has 23 heavy (non-hydrogen) atoms. The molecule has 0 aromatic heterocycles. The predicted molar refractivity (Wildman–Crippen MR) is 86.9 cm³/mol. The zero-order valence-corrected chi connectivity index (χ0v) is 12.8. The number of hydrogen-bond acceptors (Lipinski definition) is 4. The van der Waals surface area contributed by atoms with Gasteiger partial charge in [0.1, 0.15) is 0 Å². The first-order valence-corrected chi connectivity index (χ1v) is 7.70. The van der Waals surface area contributed by atoms with Crippen molar-refractivity contribution >= 4 is 23.2 Å². The van der Waals surface area contributed by atoms with Gasteiger partial charge in [-0.15, -0.1) is 12.3 Å². The van der Waals surface area contributed by atoms with E-state index in [1.807, 2.05) is 18.2 Å². The monoisotopic (exact) mass is 310 g/mol. The van der Waals surface area contributed by atoms with Crippen molar-refractivity contribution in [3.8, 4) is 12.3 Å². The number of anilines is 2. The third-order valence-electron chi connectivity index (χ3n) is 4.12. The van der Waals surface area contributed by atoms with Crippen LogP contribution in [0, 0.1) is 12.3 Å². The van der Waals surface area contributed by atoms with Crippen molar-refractivity contribution in [3.05, 3.63) is 24.3 Å². The van der Waals surface area contributed by atoms with Gasteiger partial charge in [-0.05, 0) is 12.1 Å². The summed E-state index contributed by atoms with van der Waals surface area (Å²) >= 11 is 0. The summed E-state index contributed by atoms with van der Waals surface area (Å²) in [6, 6.07) is 7.35. The quantitative estimate of drug-likeness (QED) is 0.849. The average Bonchev–Trinajstić information content (AvgIpc) is 3.34. The smallest absolute Gasteiger partial charge is 0.227 e. The molecule has 3 rings (SSSR count). The topological polar surface area (TPSA) is 74.1 Å². The number of fused-ring (bicyclic) bond motifs is 1. The van der Waals surface area contributed by atoms with E-state index in [0.29, 0.717) is 37.9 Å². The molecule has 2 amide bonds. The van der Waals surface area contributed by atoms with E-state index in [0.717, 1.165) is 5.69 Å². The molecular weight excluding hydrogens is 292 g/mol. The molecule has 0 bridgehead atoms. The molecule has 1 aromatic rings. The lowest BCUT2D eigenvalue weighted by Gasteiger charge is -2.22. The zero-order chi connectivity index (χ0) is 16.3. The third kappa shape index (κ3) is 3.39. The Kier molecular flexibility index (Phi) is 4.11. The Bertz CT molecular complexity index is 699. The lowest BCUT2D eigenvalue weighted by Crippen LogP contribution is -2.32. The second-order valence-electron chi connectivity index (χ2n) is 5.75. The Morgan fingerprint density at radius 2 is 2.13 bits per heavy atom. The Morgan fingerprint density at radius 1 is 1.35 bits per heavy atom. The molecule has 0 unspecified atom stereocenters. The van der Waals surface area contributed by atoms with Gasteiger partial charge in [0.05, 0.1) is 11.4 Å². The van der Waals surface area contributed by atoms with E-state index in [1.54, 1.807) is 11.0 Å². The number of para-hydroxylation sites is 2. The van der Waals surface area contributed by atoms with Gasteiger partial charge in [-0.3, -0.25) is 9.59 Å². The van der Waals surface area contributed by atoms with Crippen LogP contribution < -0.4 is 10.2 Å². The van der Waals surface area contributed by atoms with Crippen molar-refractivity contribution in [3.63, 3.8) is 0 Å². The van der Waals surface area contributed by atoms with Gasteiger partial charge in [0, 0.05) is 38.6 Å². The van der Waals surface area contributed by atoms with Gasteiger partial charge in [0.15, 0.2) is 5.66 Å². The first kappa shape index (κ1) is 15.2. The number of terminal acetylenes is 1.